The molecule has 3 atom stereocenters. The molecule has 0 aromatic heterocycles. The third kappa shape index (κ3) is 6.16. The predicted molar refractivity (Wildman–Crippen MR) is 97.2 cm³/mol. The van der Waals surface area contributed by atoms with E-state index < -0.39 is 36.9 Å². The Balaban J connectivity index is 2.01. The van der Waals surface area contributed by atoms with Gasteiger partial charge in [-0.15, -0.1) is 0 Å². The molecule has 0 heterocycles. The zero-order valence-corrected chi connectivity index (χ0v) is 14.9. The molecule has 0 saturated heterocycles. The summed E-state index contributed by atoms with van der Waals surface area (Å²) >= 11 is 0. The first-order valence-corrected chi connectivity index (χ1v) is 8.48. The Morgan fingerprint density at radius 2 is 1.52 bits per heavy atom. The molecular weight excluding hydrogens is 353 g/mol. The molecular formula is C20H22FNO5. The smallest absolute Gasteiger partial charge is 0.338 e. The van der Waals surface area contributed by atoms with E-state index in [1.165, 1.54) is 19.2 Å². The Bertz CT molecular complexity index is 726. The summed E-state index contributed by atoms with van der Waals surface area (Å²) in [6.45, 7) is -0.652. The second-order valence-corrected chi connectivity index (χ2v) is 5.84. The molecule has 0 aliphatic heterocycles. The Kier molecular flexibility index (Phi) is 7.91. The van der Waals surface area contributed by atoms with Gasteiger partial charge in [-0.2, -0.15) is 0 Å². The number of alkyl halides is 1. The minimum Gasteiger partial charge on any atom is -0.459 e. The lowest BCUT2D eigenvalue weighted by atomic mass is 10.1. The van der Waals surface area contributed by atoms with E-state index in [9.17, 15) is 19.1 Å². The number of halogens is 1. The van der Waals surface area contributed by atoms with E-state index in [0.717, 1.165) is 0 Å². The molecule has 0 radical (unpaired) electrons. The van der Waals surface area contributed by atoms with Crippen LogP contribution in [0.1, 0.15) is 20.7 Å². The van der Waals surface area contributed by atoms with Gasteiger partial charge in [-0.05, 0) is 31.3 Å². The quantitative estimate of drug-likeness (QED) is 0.652. The number of hydrogen-bond acceptors (Lipinski definition) is 6. The van der Waals surface area contributed by atoms with Gasteiger partial charge >= 0.3 is 11.9 Å². The van der Waals surface area contributed by atoms with Crippen molar-refractivity contribution in [1.29, 1.82) is 0 Å². The zero-order valence-electron chi connectivity index (χ0n) is 14.9. The number of benzene rings is 2. The van der Waals surface area contributed by atoms with Gasteiger partial charge in [-0.25, -0.2) is 14.0 Å². The molecule has 0 saturated carbocycles. The van der Waals surface area contributed by atoms with Gasteiger partial charge in [0, 0.05) is 6.54 Å². The van der Waals surface area contributed by atoms with Crippen molar-refractivity contribution in [2.75, 3.05) is 20.2 Å². The largest absolute Gasteiger partial charge is 0.459 e. The number of aliphatic hydroxyl groups is 1. The van der Waals surface area contributed by atoms with Crippen LogP contribution >= 0.6 is 0 Å². The van der Waals surface area contributed by atoms with Crippen LogP contribution in [0.3, 0.4) is 0 Å². The van der Waals surface area contributed by atoms with Crippen molar-refractivity contribution in [3.63, 3.8) is 0 Å². The van der Waals surface area contributed by atoms with E-state index in [4.69, 9.17) is 9.47 Å². The van der Waals surface area contributed by atoms with Crippen LogP contribution < -0.4 is 5.32 Å². The van der Waals surface area contributed by atoms with E-state index in [1.807, 2.05) is 0 Å². The maximum Gasteiger partial charge on any atom is 0.338 e. The minimum absolute atomic E-state index is 0.142. The monoisotopic (exact) mass is 375 g/mol. The summed E-state index contributed by atoms with van der Waals surface area (Å²) in [4.78, 5) is 24.2. The molecule has 6 nitrogen and oxygen atoms in total. The van der Waals surface area contributed by atoms with Crippen LogP contribution in [0.25, 0.3) is 0 Å². The van der Waals surface area contributed by atoms with Gasteiger partial charge in [-0.1, -0.05) is 36.4 Å². The molecule has 0 amide bonds. The molecule has 0 spiro atoms. The van der Waals surface area contributed by atoms with E-state index in [-0.39, 0.29) is 12.1 Å². The van der Waals surface area contributed by atoms with Gasteiger partial charge in [0.2, 0.25) is 0 Å². The Morgan fingerprint density at radius 1 is 1.00 bits per heavy atom. The number of aliphatic hydroxyl groups excluding tert-OH is 1. The highest BCUT2D eigenvalue weighted by Gasteiger charge is 2.33. The first-order valence-electron chi connectivity index (χ1n) is 8.48. The number of ether oxygens (including phenoxy) is 2. The first-order chi connectivity index (χ1) is 13.0. The lowest BCUT2D eigenvalue weighted by Gasteiger charge is -2.26. The van der Waals surface area contributed by atoms with E-state index in [1.54, 1.807) is 48.5 Å². The molecule has 0 bridgehead atoms. The molecule has 0 aliphatic carbocycles. The SMILES string of the molecule is CNC[C@@H](F)[C@H](OC(=O)c1ccccc1)[C@H](O)COC(=O)c1ccccc1. The van der Waals surface area contributed by atoms with Crippen molar-refractivity contribution < 1.29 is 28.6 Å². The second-order valence-electron chi connectivity index (χ2n) is 5.84. The van der Waals surface area contributed by atoms with Crippen molar-refractivity contribution in [3.05, 3.63) is 71.8 Å². The van der Waals surface area contributed by atoms with E-state index in [0.29, 0.717) is 5.56 Å². The molecule has 2 rings (SSSR count). The van der Waals surface area contributed by atoms with Crippen molar-refractivity contribution in [1.82, 2.24) is 5.32 Å². The zero-order chi connectivity index (χ0) is 19.6. The number of carbonyl (C=O) groups excluding carboxylic acids is 2. The molecule has 144 valence electrons. The van der Waals surface area contributed by atoms with Gasteiger partial charge in [0.25, 0.3) is 0 Å². The molecule has 0 aliphatic rings. The molecule has 27 heavy (non-hydrogen) atoms. The molecule has 2 aromatic rings. The minimum atomic E-state index is -1.69. The number of hydrogen-bond donors (Lipinski definition) is 2. The fraction of sp³-hybridized carbons (Fsp3) is 0.300. The summed E-state index contributed by atoms with van der Waals surface area (Å²) in [5.41, 5.74) is 0.530. The predicted octanol–water partition coefficient (Wildman–Crippen LogP) is 1.99. The van der Waals surface area contributed by atoms with Gasteiger partial charge in [0.05, 0.1) is 11.1 Å². The fourth-order valence-electron chi connectivity index (χ4n) is 2.38. The highest BCUT2D eigenvalue weighted by molar-refractivity contribution is 5.90. The van der Waals surface area contributed by atoms with Crippen LogP contribution in [0.15, 0.2) is 60.7 Å². The van der Waals surface area contributed by atoms with Crippen molar-refractivity contribution in [2.45, 2.75) is 18.4 Å². The summed E-state index contributed by atoms with van der Waals surface area (Å²) in [5.74, 6) is -1.43. The normalized spacial score (nSPS) is 14.0. The third-order valence-electron chi connectivity index (χ3n) is 3.78. The number of esters is 2. The maximum atomic E-state index is 14.4. The third-order valence-corrected chi connectivity index (χ3v) is 3.78. The average Bonchev–Trinajstić information content (AvgIpc) is 2.71. The topological polar surface area (TPSA) is 84.9 Å². The van der Waals surface area contributed by atoms with Crippen LogP contribution in [0.2, 0.25) is 0 Å². The van der Waals surface area contributed by atoms with E-state index >= 15 is 0 Å². The standard InChI is InChI=1S/C20H22FNO5/c1-22-12-16(21)18(27-20(25)15-10-6-3-7-11-15)17(23)13-26-19(24)14-8-4-2-5-9-14/h2-11,16-18,22-23H,12-13H2,1H3/t16-,17-,18+/m1/s1. The van der Waals surface area contributed by atoms with E-state index in [2.05, 4.69) is 5.32 Å². The molecule has 7 heteroatoms. The van der Waals surface area contributed by atoms with Crippen LogP contribution in [0.4, 0.5) is 4.39 Å². The van der Waals surface area contributed by atoms with Crippen molar-refractivity contribution in [3.8, 4) is 0 Å². The van der Waals surface area contributed by atoms with Gasteiger partial charge in [-0.3, -0.25) is 0 Å². The van der Waals surface area contributed by atoms with Crippen LogP contribution in [0, 0.1) is 0 Å². The van der Waals surface area contributed by atoms with Gasteiger partial charge in [0.15, 0.2) is 12.3 Å². The molecule has 2 aromatic carbocycles. The first kappa shape index (κ1) is 20.5. The lowest BCUT2D eigenvalue weighted by molar-refractivity contribution is -0.0704. The highest BCUT2D eigenvalue weighted by Crippen LogP contribution is 2.14. The van der Waals surface area contributed by atoms with Crippen LogP contribution in [-0.4, -0.2) is 55.6 Å². The highest BCUT2D eigenvalue weighted by atomic mass is 19.1. The van der Waals surface area contributed by atoms with Crippen molar-refractivity contribution >= 4 is 11.9 Å². The molecule has 0 unspecified atom stereocenters. The summed E-state index contributed by atoms with van der Waals surface area (Å²) in [6, 6.07) is 16.2. The summed E-state index contributed by atoms with van der Waals surface area (Å²) < 4.78 is 24.6. The second kappa shape index (κ2) is 10.4. The molecule has 0 fully saturated rings. The van der Waals surface area contributed by atoms with Crippen LogP contribution in [-0.2, 0) is 9.47 Å². The number of nitrogens with one attached hydrogen (secondary N) is 1. The Morgan fingerprint density at radius 3 is 2.04 bits per heavy atom. The summed E-state index contributed by atoms with van der Waals surface area (Å²) in [6.07, 6.45) is -4.70. The Hall–Kier alpha value is -2.77. The van der Waals surface area contributed by atoms with Gasteiger partial charge < -0.3 is 19.9 Å². The molecule has 2 N–H and O–H groups in total. The summed E-state index contributed by atoms with van der Waals surface area (Å²) in [5, 5.41) is 12.9. The number of rotatable bonds is 9. The fourth-order valence-corrected chi connectivity index (χ4v) is 2.38. The Labute approximate surface area is 156 Å². The summed E-state index contributed by atoms with van der Waals surface area (Å²) in [7, 11) is 1.53. The van der Waals surface area contributed by atoms with Gasteiger partial charge in [0.1, 0.15) is 12.7 Å². The maximum absolute atomic E-state index is 14.4. The number of carbonyl (C=O) groups is 2. The van der Waals surface area contributed by atoms with Crippen molar-refractivity contribution in [2.24, 2.45) is 0 Å². The van der Waals surface area contributed by atoms with Crippen LogP contribution in [0.5, 0.6) is 0 Å². The average molecular weight is 375 g/mol. The lowest BCUT2D eigenvalue weighted by Crippen LogP contribution is -2.45.